The fourth-order valence-corrected chi connectivity index (χ4v) is 5.55. The molecule has 2 aromatic carbocycles. The molecule has 0 aromatic heterocycles. The summed E-state index contributed by atoms with van der Waals surface area (Å²) in [5.41, 5.74) is 0.869. The average molecular weight is 363 g/mol. The van der Waals surface area contributed by atoms with Crippen molar-refractivity contribution in [2.75, 3.05) is 11.6 Å². The molecule has 1 aliphatic rings. The van der Waals surface area contributed by atoms with Crippen LogP contribution in [0.25, 0.3) is 0 Å². The van der Waals surface area contributed by atoms with E-state index >= 15 is 0 Å². The average Bonchev–Trinajstić information content (AvgIpc) is 3.12. The van der Waals surface area contributed by atoms with Gasteiger partial charge in [-0.15, -0.1) is 11.8 Å². The third-order valence-corrected chi connectivity index (χ3v) is 6.73. The van der Waals surface area contributed by atoms with E-state index in [2.05, 4.69) is 0 Å². The normalized spacial score (nSPS) is 18.4. The number of ether oxygens (including phenoxy) is 1. The van der Waals surface area contributed by atoms with Crippen LogP contribution in [0.4, 0.5) is 0 Å². The minimum Gasteiger partial charge on any atom is -0.460 e. The van der Waals surface area contributed by atoms with E-state index in [1.807, 2.05) is 30.3 Å². The van der Waals surface area contributed by atoms with Crippen LogP contribution >= 0.6 is 11.8 Å². The molecule has 3 rings (SSSR count). The van der Waals surface area contributed by atoms with E-state index in [0.29, 0.717) is 5.75 Å². The summed E-state index contributed by atoms with van der Waals surface area (Å²) in [5.74, 6) is 0.144. The lowest BCUT2D eigenvalue weighted by atomic mass is 10.2. The van der Waals surface area contributed by atoms with Gasteiger partial charge in [0, 0.05) is 5.75 Å². The largest absolute Gasteiger partial charge is 0.460 e. The van der Waals surface area contributed by atoms with Crippen molar-refractivity contribution in [3.8, 4) is 0 Å². The SMILES string of the molecule is O=C(OCc1ccccc1)C1CSCN1S(=O)(=O)c1ccccc1. The molecule has 0 aliphatic carbocycles. The number of thioether (sulfide) groups is 1. The maximum Gasteiger partial charge on any atom is 0.325 e. The molecule has 7 heteroatoms. The minimum absolute atomic E-state index is 0.139. The molecule has 0 saturated carbocycles. The highest BCUT2D eigenvalue weighted by Gasteiger charge is 2.40. The number of sulfonamides is 1. The highest BCUT2D eigenvalue weighted by molar-refractivity contribution is 8.00. The number of carbonyl (C=O) groups excluding carboxylic acids is 1. The van der Waals surface area contributed by atoms with Crippen LogP contribution in [0.3, 0.4) is 0 Å². The lowest BCUT2D eigenvalue weighted by Crippen LogP contribution is -2.42. The van der Waals surface area contributed by atoms with E-state index in [0.717, 1.165) is 5.56 Å². The summed E-state index contributed by atoms with van der Waals surface area (Å²) in [7, 11) is -3.70. The highest BCUT2D eigenvalue weighted by Crippen LogP contribution is 2.29. The fourth-order valence-electron chi connectivity index (χ4n) is 2.40. The van der Waals surface area contributed by atoms with Crippen molar-refractivity contribution in [3.63, 3.8) is 0 Å². The molecule has 0 bridgehead atoms. The summed E-state index contributed by atoms with van der Waals surface area (Å²) in [6, 6.07) is 16.7. The van der Waals surface area contributed by atoms with E-state index in [-0.39, 0.29) is 17.4 Å². The number of rotatable bonds is 5. The van der Waals surface area contributed by atoms with Crippen molar-refractivity contribution in [2.45, 2.75) is 17.5 Å². The van der Waals surface area contributed by atoms with Crippen molar-refractivity contribution >= 4 is 27.8 Å². The molecule has 0 spiro atoms. The van der Waals surface area contributed by atoms with Crippen LogP contribution < -0.4 is 0 Å². The Hall–Kier alpha value is -1.83. The molecule has 1 unspecified atom stereocenters. The summed E-state index contributed by atoms with van der Waals surface area (Å²) in [6.07, 6.45) is 0. The van der Waals surface area contributed by atoms with Gasteiger partial charge in [0.25, 0.3) is 0 Å². The van der Waals surface area contributed by atoms with Crippen LogP contribution in [0.15, 0.2) is 65.6 Å². The van der Waals surface area contributed by atoms with Gasteiger partial charge in [0.15, 0.2) is 0 Å². The molecule has 1 atom stereocenters. The predicted molar refractivity (Wildman–Crippen MR) is 92.8 cm³/mol. The number of hydrogen-bond acceptors (Lipinski definition) is 5. The first kappa shape index (κ1) is 17.0. The van der Waals surface area contributed by atoms with Gasteiger partial charge in [0.1, 0.15) is 12.6 Å². The van der Waals surface area contributed by atoms with Crippen molar-refractivity contribution in [3.05, 3.63) is 66.2 Å². The van der Waals surface area contributed by atoms with E-state index < -0.39 is 22.0 Å². The number of hydrogen-bond donors (Lipinski definition) is 0. The second-order valence-corrected chi connectivity index (χ2v) is 8.20. The number of benzene rings is 2. The Morgan fingerprint density at radius 3 is 2.38 bits per heavy atom. The van der Waals surface area contributed by atoms with Crippen molar-refractivity contribution < 1.29 is 17.9 Å². The molecule has 1 fully saturated rings. The lowest BCUT2D eigenvalue weighted by molar-refractivity contribution is -0.148. The van der Waals surface area contributed by atoms with Gasteiger partial charge in [-0.25, -0.2) is 8.42 Å². The Balaban J connectivity index is 1.72. The first-order valence-corrected chi connectivity index (χ1v) is 10.0. The van der Waals surface area contributed by atoms with Crippen LogP contribution in [0, 0.1) is 0 Å². The van der Waals surface area contributed by atoms with Gasteiger partial charge in [-0.1, -0.05) is 48.5 Å². The van der Waals surface area contributed by atoms with Crippen LogP contribution in [0.5, 0.6) is 0 Å². The summed E-state index contributed by atoms with van der Waals surface area (Å²) in [4.78, 5) is 12.6. The molecule has 0 radical (unpaired) electrons. The molecule has 2 aromatic rings. The second kappa shape index (κ2) is 7.38. The van der Waals surface area contributed by atoms with Crippen LogP contribution in [0.2, 0.25) is 0 Å². The van der Waals surface area contributed by atoms with Gasteiger partial charge in [0.2, 0.25) is 10.0 Å². The maximum absolute atomic E-state index is 12.7. The van der Waals surface area contributed by atoms with E-state index in [9.17, 15) is 13.2 Å². The maximum atomic E-state index is 12.7. The zero-order chi connectivity index (χ0) is 17.0. The molecule has 126 valence electrons. The van der Waals surface area contributed by atoms with Crippen molar-refractivity contribution in [1.82, 2.24) is 4.31 Å². The Kier molecular flexibility index (Phi) is 5.23. The monoisotopic (exact) mass is 363 g/mol. The summed E-state index contributed by atoms with van der Waals surface area (Å²) in [5, 5.41) is 0. The van der Waals surface area contributed by atoms with Gasteiger partial charge in [-0.3, -0.25) is 4.79 Å². The van der Waals surface area contributed by atoms with Gasteiger partial charge in [-0.2, -0.15) is 4.31 Å². The standard InChI is InChI=1S/C17H17NO4S2/c19-17(22-11-14-7-3-1-4-8-14)16-12-23-13-18(16)24(20,21)15-9-5-2-6-10-15/h1-10,16H,11-13H2. The van der Waals surface area contributed by atoms with Crippen molar-refractivity contribution in [1.29, 1.82) is 0 Å². The fraction of sp³-hybridized carbons (Fsp3) is 0.235. The zero-order valence-corrected chi connectivity index (χ0v) is 14.5. The molecule has 0 amide bonds. The predicted octanol–water partition coefficient (Wildman–Crippen LogP) is 2.49. The van der Waals surface area contributed by atoms with Crippen LogP contribution in [-0.2, 0) is 26.2 Å². The van der Waals surface area contributed by atoms with Crippen LogP contribution in [-0.4, -0.2) is 36.4 Å². The number of carbonyl (C=O) groups is 1. The number of esters is 1. The molecule has 1 aliphatic heterocycles. The van der Waals surface area contributed by atoms with E-state index in [1.54, 1.807) is 18.2 Å². The Morgan fingerprint density at radius 2 is 1.71 bits per heavy atom. The molecule has 0 N–H and O–H groups in total. The molecular weight excluding hydrogens is 346 g/mol. The van der Waals surface area contributed by atoms with Gasteiger partial charge in [-0.05, 0) is 17.7 Å². The molecular formula is C17H17NO4S2. The summed E-state index contributed by atoms with van der Waals surface area (Å²) in [6.45, 7) is 0.139. The topological polar surface area (TPSA) is 63.7 Å². The van der Waals surface area contributed by atoms with Crippen LogP contribution in [0.1, 0.15) is 5.56 Å². The first-order chi connectivity index (χ1) is 11.6. The van der Waals surface area contributed by atoms with E-state index in [1.165, 1.54) is 28.2 Å². The smallest absolute Gasteiger partial charge is 0.325 e. The molecule has 1 saturated heterocycles. The van der Waals surface area contributed by atoms with Gasteiger partial charge < -0.3 is 4.74 Å². The first-order valence-electron chi connectivity index (χ1n) is 7.44. The van der Waals surface area contributed by atoms with Crippen molar-refractivity contribution in [2.24, 2.45) is 0 Å². The van der Waals surface area contributed by atoms with Gasteiger partial charge >= 0.3 is 5.97 Å². The molecule has 5 nitrogen and oxygen atoms in total. The lowest BCUT2D eigenvalue weighted by Gasteiger charge is -2.21. The second-order valence-electron chi connectivity index (χ2n) is 5.31. The minimum atomic E-state index is -3.70. The third-order valence-electron chi connectivity index (χ3n) is 3.69. The summed E-state index contributed by atoms with van der Waals surface area (Å²) < 4.78 is 32.0. The Labute approximate surface area is 145 Å². The third kappa shape index (κ3) is 3.63. The Morgan fingerprint density at radius 1 is 1.08 bits per heavy atom. The van der Waals surface area contributed by atoms with Gasteiger partial charge in [0.05, 0.1) is 10.8 Å². The molecule has 24 heavy (non-hydrogen) atoms. The molecule has 1 heterocycles. The highest BCUT2D eigenvalue weighted by atomic mass is 32.2. The van der Waals surface area contributed by atoms with E-state index in [4.69, 9.17) is 4.74 Å². The number of nitrogens with zero attached hydrogens (tertiary/aromatic N) is 1. The zero-order valence-electron chi connectivity index (χ0n) is 12.9. The Bertz CT molecular complexity index is 794. The quantitative estimate of drug-likeness (QED) is 0.764. The summed E-state index contributed by atoms with van der Waals surface area (Å²) >= 11 is 1.41.